The molecule has 1 aliphatic heterocycles. The molecule has 10 heteroatoms. The predicted molar refractivity (Wildman–Crippen MR) is 119 cm³/mol. The van der Waals surface area contributed by atoms with Gasteiger partial charge in [-0.2, -0.15) is 0 Å². The second-order valence-electron chi connectivity index (χ2n) is 7.57. The Kier molecular flexibility index (Phi) is 6.08. The maximum atomic E-state index is 11.3. The van der Waals surface area contributed by atoms with E-state index in [9.17, 15) is 15.1 Å². The van der Waals surface area contributed by atoms with Crippen LogP contribution in [0.4, 0.5) is 17.1 Å². The average molecular weight is 423 g/mol. The smallest absolute Gasteiger partial charge is 0.177 e. The number of piperazine rings is 1. The standard InChI is InChI=1S/C21H25N7O3/c1-14-11-22-5-3-16(14)28-9-7-27(8-10-28)6-2-4-24-18-19(26-31)20(29)15-12-23-13-25-17(15)21(18)30/h3,5,11-13,24,29-30H,2,4,6-10H2,1H3. The Bertz CT molecular complexity index is 1080. The molecule has 3 aromatic rings. The average Bonchev–Trinajstić information content (AvgIpc) is 2.80. The van der Waals surface area contributed by atoms with E-state index >= 15 is 0 Å². The van der Waals surface area contributed by atoms with E-state index in [1.807, 2.05) is 12.4 Å². The van der Waals surface area contributed by atoms with Crippen molar-refractivity contribution >= 4 is 28.0 Å². The topological polar surface area (TPSA) is 127 Å². The maximum Gasteiger partial charge on any atom is 0.177 e. The molecule has 0 amide bonds. The Morgan fingerprint density at radius 2 is 1.94 bits per heavy atom. The van der Waals surface area contributed by atoms with Crippen molar-refractivity contribution in [2.45, 2.75) is 13.3 Å². The van der Waals surface area contributed by atoms with Gasteiger partial charge in [-0.15, -0.1) is 4.91 Å². The van der Waals surface area contributed by atoms with Crippen LogP contribution in [0.2, 0.25) is 0 Å². The summed E-state index contributed by atoms with van der Waals surface area (Å²) in [4.78, 5) is 28.0. The fraction of sp³-hybridized carbons (Fsp3) is 0.381. The lowest BCUT2D eigenvalue weighted by Crippen LogP contribution is -2.47. The number of nitrogens with one attached hydrogen (secondary N) is 1. The monoisotopic (exact) mass is 423 g/mol. The normalized spacial score (nSPS) is 14.7. The molecule has 3 heterocycles. The van der Waals surface area contributed by atoms with Gasteiger partial charge >= 0.3 is 0 Å². The van der Waals surface area contributed by atoms with Crippen LogP contribution < -0.4 is 10.2 Å². The van der Waals surface area contributed by atoms with Crippen molar-refractivity contribution in [3.8, 4) is 11.5 Å². The number of nitrogens with zero attached hydrogens (tertiary/aromatic N) is 6. The van der Waals surface area contributed by atoms with Crippen molar-refractivity contribution in [3.05, 3.63) is 41.5 Å². The van der Waals surface area contributed by atoms with Crippen molar-refractivity contribution in [3.63, 3.8) is 0 Å². The van der Waals surface area contributed by atoms with Gasteiger partial charge in [0.2, 0.25) is 0 Å². The molecule has 0 saturated carbocycles. The number of anilines is 2. The van der Waals surface area contributed by atoms with Crippen molar-refractivity contribution < 1.29 is 10.2 Å². The summed E-state index contributed by atoms with van der Waals surface area (Å²) in [5, 5.41) is 26.9. The quantitative estimate of drug-likeness (QED) is 0.227. The van der Waals surface area contributed by atoms with Gasteiger partial charge in [-0.1, -0.05) is 0 Å². The lowest BCUT2D eigenvalue weighted by molar-refractivity contribution is 0.257. The highest BCUT2D eigenvalue weighted by atomic mass is 16.3. The fourth-order valence-electron chi connectivity index (χ4n) is 3.97. The molecule has 1 aliphatic rings. The molecule has 31 heavy (non-hydrogen) atoms. The summed E-state index contributed by atoms with van der Waals surface area (Å²) >= 11 is 0. The van der Waals surface area contributed by atoms with E-state index in [0.717, 1.165) is 39.1 Å². The Morgan fingerprint density at radius 3 is 2.68 bits per heavy atom. The van der Waals surface area contributed by atoms with E-state index in [0.29, 0.717) is 6.54 Å². The number of aromatic nitrogens is 3. The zero-order chi connectivity index (χ0) is 21.8. The largest absolute Gasteiger partial charge is 0.505 e. The van der Waals surface area contributed by atoms with Crippen molar-refractivity contribution in [1.82, 2.24) is 19.9 Å². The zero-order valence-electron chi connectivity index (χ0n) is 17.3. The summed E-state index contributed by atoms with van der Waals surface area (Å²) in [5.74, 6) is -0.556. The molecule has 0 unspecified atom stereocenters. The maximum absolute atomic E-state index is 11.3. The van der Waals surface area contributed by atoms with Crippen LogP contribution in [0.1, 0.15) is 12.0 Å². The van der Waals surface area contributed by atoms with Crippen LogP contribution in [-0.2, 0) is 0 Å². The van der Waals surface area contributed by atoms with Gasteiger partial charge in [-0.25, -0.2) is 9.97 Å². The van der Waals surface area contributed by atoms with Crippen molar-refractivity contribution in [2.24, 2.45) is 5.18 Å². The molecule has 0 spiro atoms. The van der Waals surface area contributed by atoms with Gasteiger partial charge in [-0.3, -0.25) is 9.88 Å². The molecule has 0 bridgehead atoms. The zero-order valence-corrected chi connectivity index (χ0v) is 17.3. The first-order valence-corrected chi connectivity index (χ1v) is 10.2. The summed E-state index contributed by atoms with van der Waals surface area (Å²) < 4.78 is 0. The lowest BCUT2D eigenvalue weighted by atomic mass is 10.1. The van der Waals surface area contributed by atoms with Crippen LogP contribution in [0.15, 0.2) is 36.2 Å². The van der Waals surface area contributed by atoms with Crippen LogP contribution in [0.5, 0.6) is 11.5 Å². The molecule has 162 valence electrons. The van der Waals surface area contributed by atoms with E-state index in [4.69, 9.17) is 0 Å². The molecule has 10 nitrogen and oxygen atoms in total. The molecule has 0 atom stereocenters. The van der Waals surface area contributed by atoms with E-state index in [1.165, 1.54) is 23.8 Å². The number of hydrogen-bond donors (Lipinski definition) is 3. The van der Waals surface area contributed by atoms with Crippen LogP contribution >= 0.6 is 0 Å². The Labute approximate surface area is 179 Å². The minimum atomic E-state index is -0.339. The summed E-state index contributed by atoms with van der Waals surface area (Å²) in [6, 6.07) is 2.06. The molecule has 1 aromatic carbocycles. The molecule has 3 N–H and O–H groups in total. The molecule has 0 radical (unpaired) electrons. The number of rotatable bonds is 7. The van der Waals surface area contributed by atoms with E-state index in [1.54, 1.807) is 0 Å². The number of aryl methyl sites for hydroxylation is 1. The number of hydrogen-bond acceptors (Lipinski definition) is 10. The molecular weight excluding hydrogens is 398 g/mol. The fourth-order valence-corrected chi connectivity index (χ4v) is 3.97. The highest BCUT2D eigenvalue weighted by Crippen LogP contribution is 2.47. The minimum absolute atomic E-state index is 0.0941. The number of pyridine rings is 1. The number of fused-ring (bicyclic) bond motifs is 1. The van der Waals surface area contributed by atoms with Gasteiger partial charge in [0.25, 0.3) is 0 Å². The Hall–Kier alpha value is -3.53. The minimum Gasteiger partial charge on any atom is -0.505 e. The first-order valence-electron chi connectivity index (χ1n) is 10.2. The predicted octanol–water partition coefficient (Wildman–Crippen LogP) is 2.77. The number of phenols is 2. The highest BCUT2D eigenvalue weighted by molar-refractivity contribution is 6.01. The van der Waals surface area contributed by atoms with Crippen LogP contribution in [-0.4, -0.2) is 69.3 Å². The van der Waals surface area contributed by atoms with Gasteiger partial charge in [0.15, 0.2) is 17.2 Å². The van der Waals surface area contributed by atoms with Gasteiger partial charge in [0, 0.05) is 57.0 Å². The third kappa shape index (κ3) is 4.19. The summed E-state index contributed by atoms with van der Waals surface area (Å²) in [6.07, 6.45) is 7.13. The molecule has 1 saturated heterocycles. The van der Waals surface area contributed by atoms with Gasteiger partial charge in [0.1, 0.15) is 17.5 Å². The van der Waals surface area contributed by atoms with Crippen LogP contribution in [0.3, 0.4) is 0 Å². The van der Waals surface area contributed by atoms with Crippen LogP contribution in [0.25, 0.3) is 10.9 Å². The second-order valence-corrected chi connectivity index (χ2v) is 7.57. The second kappa shape index (κ2) is 9.09. The lowest BCUT2D eigenvalue weighted by Gasteiger charge is -2.36. The first-order chi connectivity index (χ1) is 15.1. The number of aromatic hydroxyl groups is 2. The van der Waals surface area contributed by atoms with E-state index < -0.39 is 0 Å². The Morgan fingerprint density at radius 1 is 1.13 bits per heavy atom. The van der Waals surface area contributed by atoms with Crippen molar-refractivity contribution in [1.29, 1.82) is 0 Å². The molecule has 0 aliphatic carbocycles. The van der Waals surface area contributed by atoms with E-state index in [-0.39, 0.29) is 33.8 Å². The third-order valence-corrected chi connectivity index (χ3v) is 5.64. The molecule has 4 rings (SSSR count). The first kappa shape index (κ1) is 20.7. The SMILES string of the molecule is Cc1cnccc1N1CCN(CCCNc2c(N=O)c(O)c3cncnc3c2O)CC1. The van der Waals surface area contributed by atoms with Gasteiger partial charge < -0.3 is 20.4 Å². The van der Waals surface area contributed by atoms with Gasteiger partial charge in [0.05, 0.1) is 5.39 Å². The Balaban J connectivity index is 1.33. The molecule has 2 aromatic heterocycles. The van der Waals surface area contributed by atoms with Crippen LogP contribution in [0, 0.1) is 11.8 Å². The highest BCUT2D eigenvalue weighted by Gasteiger charge is 2.21. The van der Waals surface area contributed by atoms with Gasteiger partial charge in [-0.05, 0) is 36.7 Å². The number of nitroso groups, excluding NO2 is 1. The molecule has 1 fully saturated rings. The van der Waals surface area contributed by atoms with Crippen molar-refractivity contribution in [2.75, 3.05) is 49.5 Å². The molecular formula is C21H25N7O3. The number of benzene rings is 1. The summed E-state index contributed by atoms with van der Waals surface area (Å²) in [7, 11) is 0. The number of phenolic OH excluding ortho intramolecular Hbond substituents is 2. The summed E-state index contributed by atoms with van der Waals surface area (Å²) in [5.41, 5.74) is 2.45. The van der Waals surface area contributed by atoms with E-state index in [2.05, 4.69) is 48.2 Å². The summed E-state index contributed by atoms with van der Waals surface area (Å²) in [6.45, 7) is 7.30. The third-order valence-electron chi connectivity index (χ3n) is 5.64.